The summed E-state index contributed by atoms with van der Waals surface area (Å²) in [7, 11) is 0. The van der Waals surface area contributed by atoms with Crippen LogP contribution in [0.3, 0.4) is 0 Å². The van der Waals surface area contributed by atoms with E-state index in [0.29, 0.717) is 11.5 Å². The van der Waals surface area contributed by atoms with Crippen molar-refractivity contribution >= 4 is 11.7 Å². The van der Waals surface area contributed by atoms with Gasteiger partial charge in [0.15, 0.2) is 0 Å². The molecule has 3 rings (SSSR count). The summed E-state index contributed by atoms with van der Waals surface area (Å²) in [5.41, 5.74) is 0.667. The standard InChI is InChI=1S/C21H31N5O/c1-4-5-11-25-13-10-23-20(25)18-7-6-12-26(15-18)19-14-17(8-9-22-19)21(27)24-16(2)3/h8-10,13-14,16,18H,4-7,11-12,15H2,1-3H3,(H,24,27)/t18-/m1/s1. The fourth-order valence-corrected chi connectivity index (χ4v) is 3.67. The largest absolute Gasteiger partial charge is 0.356 e. The molecule has 0 aromatic carbocycles. The first-order chi connectivity index (χ1) is 13.1. The van der Waals surface area contributed by atoms with Crippen molar-refractivity contribution in [3.05, 3.63) is 42.1 Å². The number of imidazole rings is 1. The number of hydrogen-bond donors (Lipinski definition) is 1. The fourth-order valence-electron chi connectivity index (χ4n) is 3.67. The molecule has 1 aliphatic rings. The Morgan fingerprint density at radius 1 is 1.33 bits per heavy atom. The summed E-state index contributed by atoms with van der Waals surface area (Å²) in [6.45, 7) is 9.05. The molecule has 0 spiro atoms. The zero-order chi connectivity index (χ0) is 19.2. The number of amides is 1. The van der Waals surface area contributed by atoms with Crippen LogP contribution in [0.25, 0.3) is 0 Å². The highest BCUT2D eigenvalue weighted by molar-refractivity contribution is 5.94. The number of nitrogens with zero attached hydrogens (tertiary/aromatic N) is 4. The minimum absolute atomic E-state index is 0.0441. The summed E-state index contributed by atoms with van der Waals surface area (Å²) in [6, 6.07) is 3.81. The Kier molecular flexibility index (Phi) is 6.48. The Bertz CT molecular complexity index is 755. The number of pyridine rings is 1. The zero-order valence-corrected chi connectivity index (χ0v) is 16.7. The summed E-state index contributed by atoms with van der Waals surface area (Å²) in [4.78, 5) is 23.8. The first kappa shape index (κ1) is 19.4. The van der Waals surface area contributed by atoms with Crippen LogP contribution in [0.15, 0.2) is 30.7 Å². The lowest BCUT2D eigenvalue weighted by Gasteiger charge is -2.33. The van der Waals surface area contributed by atoms with Crippen LogP contribution in [0.4, 0.5) is 5.82 Å². The van der Waals surface area contributed by atoms with Crippen molar-refractivity contribution in [2.24, 2.45) is 0 Å². The molecule has 27 heavy (non-hydrogen) atoms. The van der Waals surface area contributed by atoms with Gasteiger partial charge < -0.3 is 14.8 Å². The molecule has 1 amide bonds. The van der Waals surface area contributed by atoms with Gasteiger partial charge in [0.2, 0.25) is 0 Å². The van der Waals surface area contributed by atoms with Crippen LogP contribution in [0.2, 0.25) is 0 Å². The Hall–Kier alpha value is -2.37. The lowest BCUT2D eigenvalue weighted by atomic mass is 9.97. The van der Waals surface area contributed by atoms with E-state index in [1.165, 1.54) is 18.7 Å². The highest BCUT2D eigenvalue weighted by Gasteiger charge is 2.25. The number of nitrogens with one attached hydrogen (secondary N) is 1. The molecule has 1 atom stereocenters. The molecule has 3 heterocycles. The number of carbonyl (C=O) groups is 1. The van der Waals surface area contributed by atoms with Crippen molar-refractivity contribution in [3.63, 3.8) is 0 Å². The van der Waals surface area contributed by atoms with Crippen LogP contribution in [0.5, 0.6) is 0 Å². The molecule has 2 aromatic rings. The minimum Gasteiger partial charge on any atom is -0.356 e. The average molecular weight is 370 g/mol. The van der Waals surface area contributed by atoms with Gasteiger partial charge in [-0.1, -0.05) is 13.3 Å². The number of anilines is 1. The van der Waals surface area contributed by atoms with Crippen LogP contribution in [0.1, 0.15) is 68.6 Å². The van der Waals surface area contributed by atoms with Gasteiger partial charge in [-0.25, -0.2) is 9.97 Å². The summed E-state index contributed by atoms with van der Waals surface area (Å²) >= 11 is 0. The maximum atomic E-state index is 12.3. The third-order valence-electron chi connectivity index (χ3n) is 5.04. The van der Waals surface area contributed by atoms with Crippen molar-refractivity contribution in [3.8, 4) is 0 Å². The molecule has 0 unspecified atom stereocenters. The van der Waals surface area contributed by atoms with E-state index in [9.17, 15) is 4.79 Å². The smallest absolute Gasteiger partial charge is 0.251 e. The lowest BCUT2D eigenvalue weighted by Crippen LogP contribution is -2.36. The van der Waals surface area contributed by atoms with Gasteiger partial charge >= 0.3 is 0 Å². The van der Waals surface area contributed by atoms with Gasteiger partial charge in [-0.15, -0.1) is 0 Å². The van der Waals surface area contributed by atoms with Gasteiger partial charge in [-0.3, -0.25) is 4.79 Å². The van der Waals surface area contributed by atoms with Gasteiger partial charge in [0.25, 0.3) is 5.91 Å². The molecule has 0 bridgehead atoms. The number of hydrogen-bond acceptors (Lipinski definition) is 4. The lowest BCUT2D eigenvalue weighted by molar-refractivity contribution is 0.0943. The molecule has 0 saturated carbocycles. The molecule has 1 N–H and O–H groups in total. The molecule has 6 heteroatoms. The Labute approximate surface area is 162 Å². The average Bonchev–Trinajstić information content (AvgIpc) is 3.14. The maximum absolute atomic E-state index is 12.3. The topological polar surface area (TPSA) is 63.1 Å². The number of unbranched alkanes of at least 4 members (excludes halogenated alkanes) is 1. The van der Waals surface area contributed by atoms with Gasteiger partial charge in [0.1, 0.15) is 11.6 Å². The molecule has 6 nitrogen and oxygen atoms in total. The van der Waals surface area contributed by atoms with Crippen molar-refractivity contribution < 1.29 is 4.79 Å². The minimum atomic E-state index is -0.0441. The third-order valence-corrected chi connectivity index (χ3v) is 5.04. The van der Waals surface area contributed by atoms with Crippen molar-refractivity contribution in [1.82, 2.24) is 19.9 Å². The zero-order valence-electron chi connectivity index (χ0n) is 16.7. The molecule has 146 valence electrons. The fraction of sp³-hybridized carbons (Fsp3) is 0.571. The van der Waals surface area contributed by atoms with E-state index in [1.807, 2.05) is 26.1 Å². The van der Waals surface area contributed by atoms with Gasteiger partial charge in [0, 0.05) is 55.7 Å². The number of rotatable bonds is 7. The molecule has 1 aliphatic heterocycles. The Morgan fingerprint density at radius 2 is 2.19 bits per heavy atom. The maximum Gasteiger partial charge on any atom is 0.251 e. The Morgan fingerprint density at radius 3 is 2.96 bits per heavy atom. The third kappa shape index (κ3) is 4.87. The number of aromatic nitrogens is 3. The van der Waals surface area contributed by atoms with Gasteiger partial charge in [-0.2, -0.15) is 0 Å². The SMILES string of the molecule is CCCCn1ccnc1[C@@H]1CCCN(c2cc(C(=O)NC(C)C)ccn2)C1. The van der Waals surface area contributed by atoms with E-state index in [-0.39, 0.29) is 11.9 Å². The van der Waals surface area contributed by atoms with E-state index in [4.69, 9.17) is 0 Å². The van der Waals surface area contributed by atoms with Crippen LogP contribution < -0.4 is 10.2 Å². The molecule has 2 aromatic heterocycles. The summed E-state index contributed by atoms with van der Waals surface area (Å²) in [5, 5.41) is 2.95. The van der Waals surface area contributed by atoms with E-state index in [2.05, 4.69) is 37.9 Å². The number of carbonyl (C=O) groups excluding carboxylic acids is 1. The predicted molar refractivity (Wildman–Crippen MR) is 108 cm³/mol. The summed E-state index contributed by atoms with van der Waals surface area (Å²) in [5.74, 6) is 2.42. The van der Waals surface area contributed by atoms with E-state index in [0.717, 1.165) is 38.3 Å². The van der Waals surface area contributed by atoms with Crippen molar-refractivity contribution in [2.45, 2.75) is 65.0 Å². The highest BCUT2D eigenvalue weighted by Crippen LogP contribution is 2.29. The molecular formula is C21H31N5O. The first-order valence-corrected chi connectivity index (χ1v) is 10.1. The molecule has 0 aliphatic carbocycles. The van der Waals surface area contributed by atoms with Crippen molar-refractivity contribution in [1.29, 1.82) is 0 Å². The second-order valence-electron chi connectivity index (χ2n) is 7.65. The van der Waals surface area contributed by atoms with Gasteiger partial charge in [-0.05, 0) is 45.2 Å². The van der Waals surface area contributed by atoms with Gasteiger partial charge in [0.05, 0.1) is 0 Å². The van der Waals surface area contributed by atoms with Crippen molar-refractivity contribution in [2.75, 3.05) is 18.0 Å². The first-order valence-electron chi connectivity index (χ1n) is 10.1. The molecule has 0 radical (unpaired) electrons. The predicted octanol–water partition coefficient (Wildman–Crippen LogP) is 3.60. The van der Waals surface area contributed by atoms with E-state index >= 15 is 0 Å². The number of aryl methyl sites for hydroxylation is 1. The van der Waals surface area contributed by atoms with E-state index < -0.39 is 0 Å². The summed E-state index contributed by atoms with van der Waals surface area (Å²) < 4.78 is 2.30. The second kappa shape index (κ2) is 9.02. The highest BCUT2D eigenvalue weighted by atomic mass is 16.1. The van der Waals surface area contributed by atoms with Crippen LogP contribution in [-0.4, -0.2) is 39.6 Å². The van der Waals surface area contributed by atoms with Crippen LogP contribution in [-0.2, 0) is 6.54 Å². The molecule has 1 saturated heterocycles. The molecule has 1 fully saturated rings. The number of piperidine rings is 1. The normalized spacial score (nSPS) is 17.3. The monoisotopic (exact) mass is 369 g/mol. The van der Waals surface area contributed by atoms with E-state index in [1.54, 1.807) is 12.3 Å². The quantitative estimate of drug-likeness (QED) is 0.810. The van der Waals surface area contributed by atoms with Crippen LogP contribution >= 0.6 is 0 Å². The second-order valence-corrected chi connectivity index (χ2v) is 7.65. The van der Waals surface area contributed by atoms with Crippen LogP contribution in [0, 0.1) is 0 Å². The molecular weight excluding hydrogens is 338 g/mol. The Balaban J connectivity index is 1.73. The summed E-state index contributed by atoms with van der Waals surface area (Å²) in [6.07, 6.45) is 10.4.